The van der Waals surface area contributed by atoms with Gasteiger partial charge in [0.05, 0.1) is 5.92 Å². The lowest BCUT2D eigenvalue weighted by Crippen LogP contribution is -2.50. The first kappa shape index (κ1) is 21.8. The number of rotatable bonds is 5. The Hall–Kier alpha value is -2.37. The molecule has 2 aliphatic rings. The van der Waals surface area contributed by atoms with Gasteiger partial charge in [-0.3, -0.25) is 14.5 Å². The van der Waals surface area contributed by atoms with Crippen LogP contribution in [0.5, 0.6) is 0 Å². The molecule has 5 nitrogen and oxygen atoms in total. The number of piperidine rings is 2. The first-order valence-electron chi connectivity index (χ1n) is 11.2. The maximum atomic E-state index is 12.9. The summed E-state index contributed by atoms with van der Waals surface area (Å²) in [5.74, 6) is -0.0986. The predicted octanol–water partition coefficient (Wildman–Crippen LogP) is 3.97. The SMILES string of the molecule is O=C(NC1CCN(Cc2ccccc2)CC1)[C@@H]1CCCN(C(=O)c2cccc(Cl)c2)C1. The van der Waals surface area contributed by atoms with Gasteiger partial charge in [0.25, 0.3) is 5.91 Å². The van der Waals surface area contributed by atoms with E-state index in [1.807, 2.05) is 6.07 Å². The molecule has 2 aromatic carbocycles. The number of benzene rings is 2. The fourth-order valence-electron chi connectivity index (χ4n) is 4.58. The molecular weight excluding hydrogens is 410 g/mol. The first-order valence-corrected chi connectivity index (χ1v) is 11.6. The van der Waals surface area contributed by atoms with Crippen molar-refractivity contribution in [3.05, 3.63) is 70.7 Å². The van der Waals surface area contributed by atoms with Gasteiger partial charge in [0.2, 0.25) is 5.91 Å². The van der Waals surface area contributed by atoms with Crippen molar-refractivity contribution >= 4 is 23.4 Å². The number of likely N-dealkylation sites (tertiary alicyclic amines) is 2. The summed E-state index contributed by atoms with van der Waals surface area (Å²) in [6, 6.07) is 17.8. The van der Waals surface area contributed by atoms with Crippen molar-refractivity contribution in [1.82, 2.24) is 15.1 Å². The van der Waals surface area contributed by atoms with Crippen LogP contribution in [0.2, 0.25) is 5.02 Å². The Balaban J connectivity index is 1.25. The highest BCUT2D eigenvalue weighted by atomic mass is 35.5. The van der Waals surface area contributed by atoms with Crippen LogP contribution in [0.3, 0.4) is 0 Å². The van der Waals surface area contributed by atoms with Gasteiger partial charge in [-0.05, 0) is 49.4 Å². The molecule has 0 aromatic heterocycles. The molecule has 6 heteroatoms. The molecule has 31 heavy (non-hydrogen) atoms. The Labute approximate surface area is 189 Å². The molecule has 0 saturated carbocycles. The summed E-state index contributed by atoms with van der Waals surface area (Å²) in [7, 11) is 0. The lowest BCUT2D eigenvalue weighted by atomic mass is 9.95. The summed E-state index contributed by atoms with van der Waals surface area (Å²) >= 11 is 6.03. The highest BCUT2D eigenvalue weighted by Crippen LogP contribution is 2.21. The number of hydrogen-bond donors (Lipinski definition) is 1. The zero-order chi connectivity index (χ0) is 21.6. The summed E-state index contributed by atoms with van der Waals surface area (Å²) < 4.78 is 0. The van der Waals surface area contributed by atoms with Crippen LogP contribution < -0.4 is 5.32 Å². The van der Waals surface area contributed by atoms with E-state index in [4.69, 9.17) is 11.6 Å². The molecular formula is C25H30ClN3O2. The molecule has 2 aromatic rings. The number of carbonyl (C=O) groups is 2. The van der Waals surface area contributed by atoms with Gasteiger partial charge in [0.15, 0.2) is 0 Å². The molecule has 2 saturated heterocycles. The Morgan fingerprint density at radius 1 is 0.968 bits per heavy atom. The second-order valence-electron chi connectivity index (χ2n) is 8.65. The lowest BCUT2D eigenvalue weighted by molar-refractivity contribution is -0.127. The quantitative estimate of drug-likeness (QED) is 0.766. The number of nitrogens with one attached hydrogen (secondary N) is 1. The second kappa shape index (κ2) is 10.3. The average molecular weight is 440 g/mol. The van der Waals surface area contributed by atoms with Gasteiger partial charge in [-0.1, -0.05) is 48.0 Å². The summed E-state index contributed by atoms with van der Waals surface area (Å²) in [4.78, 5) is 30.0. The maximum Gasteiger partial charge on any atom is 0.253 e. The standard InChI is InChI=1S/C25H30ClN3O2/c26-22-10-4-8-20(16-22)25(31)29-13-5-9-21(18-29)24(30)27-23-11-14-28(15-12-23)17-19-6-2-1-3-7-19/h1-4,6-8,10,16,21,23H,5,9,11-15,17-18H2,(H,27,30)/t21-/m1/s1. The summed E-state index contributed by atoms with van der Waals surface area (Å²) in [6.45, 7) is 4.11. The van der Waals surface area contributed by atoms with Crippen LogP contribution in [-0.2, 0) is 11.3 Å². The third-order valence-corrected chi connectivity index (χ3v) is 6.57. The molecule has 2 heterocycles. The van der Waals surface area contributed by atoms with Gasteiger partial charge in [0, 0.05) is 49.4 Å². The van der Waals surface area contributed by atoms with Crippen molar-refractivity contribution in [2.75, 3.05) is 26.2 Å². The van der Waals surface area contributed by atoms with Crippen LogP contribution in [-0.4, -0.2) is 53.8 Å². The topological polar surface area (TPSA) is 52.7 Å². The van der Waals surface area contributed by atoms with Crippen LogP contribution in [0.25, 0.3) is 0 Å². The second-order valence-corrected chi connectivity index (χ2v) is 9.08. The van der Waals surface area contributed by atoms with E-state index < -0.39 is 0 Å². The molecule has 4 rings (SSSR count). The van der Waals surface area contributed by atoms with Crippen molar-refractivity contribution in [3.63, 3.8) is 0 Å². The molecule has 2 aliphatic heterocycles. The highest BCUT2D eigenvalue weighted by molar-refractivity contribution is 6.30. The number of carbonyl (C=O) groups excluding carboxylic acids is 2. The van der Waals surface area contributed by atoms with Gasteiger partial charge in [0.1, 0.15) is 0 Å². The Morgan fingerprint density at radius 2 is 1.74 bits per heavy atom. The molecule has 164 valence electrons. The number of hydrogen-bond acceptors (Lipinski definition) is 3. The minimum Gasteiger partial charge on any atom is -0.353 e. The third kappa shape index (κ3) is 5.86. The van der Waals surface area contributed by atoms with E-state index in [1.165, 1.54) is 5.56 Å². The molecule has 2 amide bonds. The predicted molar refractivity (Wildman–Crippen MR) is 123 cm³/mol. The van der Waals surface area contributed by atoms with Crippen LogP contribution in [0.1, 0.15) is 41.6 Å². The molecule has 0 spiro atoms. The van der Waals surface area contributed by atoms with Crippen molar-refractivity contribution in [3.8, 4) is 0 Å². The average Bonchev–Trinajstić information content (AvgIpc) is 2.80. The van der Waals surface area contributed by atoms with Gasteiger partial charge in [-0.2, -0.15) is 0 Å². The molecule has 0 aliphatic carbocycles. The zero-order valence-electron chi connectivity index (χ0n) is 17.8. The Kier molecular flexibility index (Phi) is 7.25. The molecule has 1 atom stereocenters. The fraction of sp³-hybridized carbons (Fsp3) is 0.440. The smallest absolute Gasteiger partial charge is 0.253 e. The van der Waals surface area contributed by atoms with E-state index in [9.17, 15) is 9.59 Å². The lowest BCUT2D eigenvalue weighted by Gasteiger charge is -2.35. The Bertz CT molecular complexity index is 897. The van der Waals surface area contributed by atoms with Crippen molar-refractivity contribution in [1.29, 1.82) is 0 Å². The number of nitrogens with zero attached hydrogens (tertiary/aromatic N) is 2. The van der Waals surface area contributed by atoms with E-state index >= 15 is 0 Å². The van der Waals surface area contributed by atoms with E-state index in [0.29, 0.717) is 23.7 Å². The van der Waals surface area contributed by atoms with Crippen molar-refractivity contribution < 1.29 is 9.59 Å². The van der Waals surface area contributed by atoms with Gasteiger partial charge in [-0.15, -0.1) is 0 Å². The Morgan fingerprint density at radius 3 is 2.48 bits per heavy atom. The first-order chi connectivity index (χ1) is 15.1. The van der Waals surface area contributed by atoms with Crippen LogP contribution in [0, 0.1) is 5.92 Å². The minimum atomic E-state index is -0.140. The number of amides is 2. The third-order valence-electron chi connectivity index (χ3n) is 6.33. The summed E-state index contributed by atoms with van der Waals surface area (Å²) in [5.41, 5.74) is 1.91. The van der Waals surface area contributed by atoms with Crippen LogP contribution in [0.15, 0.2) is 54.6 Å². The van der Waals surface area contributed by atoms with Crippen LogP contribution >= 0.6 is 11.6 Å². The molecule has 0 radical (unpaired) electrons. The maximum absolute atomic E-state index is 12.9. The monoisotopic (exact) mass is 439 g/mol. The summed E-state index contributed by atoms with van der Waals surface area (Å²) in [6.07, 6.45) is 3.62. The minimum absolute atomic E-state index is 0.0470. The highest BCUT2D eigenvalue weighted by Gasteiger charge is 2.30. The van der Waals surface area contributed by atoms with Crippen molar-refractivity contribution in [2.24, 2.45) is 5.92 Å². The van der Waals surface area contributed by atoms with E-state index in [2.05, 4.69) is 34.5 Å². The van der Waals surface area contributed by atoms with Gasteiger partial charge in [-0.25, -0.2) is 0 Å². The van der Waals surface area contributed by atoms with Crippen LogP contribution in [0.4, 0.5) is 0 Å². The van der Waals surface area contributed by atoms with E-state index in [1.54, 1.807) is 29.2 Å². The number of halogens is 1. The largest absolute Gasteiger partial charge is 0.353 e. The molecule has 1 N–H and O–H groups in total. The van der Waals surface area contributed by atoms with Crippen molar-refractivity contribution in [2.45, 2.75) is 38.3 Å². The van der Waals surface area contributed by atoms with E-state index in [0.717, 1.165) is 45.3 Å². The molecule has 0 bridgehead atoms. The van der Waals surface area contributed by atoms with E-state index in [-0.39, 0.29) is 23.8 Å². The molecule has 0 unspecified atom stereocenters. The zero-order valence-corrected chi connectivity index (χ0v) is 18.6. The van der Waals surface area contributed by atoms with Gasteiger partial charge >= 0.3 is 0 Å². The van der Waals surface area contributed by atoms with Gasteiger partial charge < -0.3 is 10.2 Å². The molecule has 2 fully saturated rings. The summed E-state index contributed by atoms with van der Waals surface area (Å²) in [5, 5.41) is 3.81. The normalized spacial score (nSPS) is 20.4. The fourth-order valence-corrected chi connectivity index (χ4v) is 4.77.